The molecule has 0 atom stereocenters. The van der Waals surface area contributed by atoms with Crippen LogP contribution in [0.15, 0.2) is 54.6 Å². The zero-order valence-electron chi connectivity index (χ0n) is 10.2. The van der Waals surface area contributed by atoms with Gasteiger partial charge in [-0.05, 0) is 35.9 Å². The van der Waals surface area contributed by atoms with Crippen molar-refractivity contribution in [2.75, 3.05) is 5.73 Å². The Morgan fingerprint density at radius 2 is 1.67 bits per heavy atom. The van der Waals surface area contributed by atoms with E-state index in [0.717, 1.165) is 22.6 Å². The van der Waals surface area contributed by atoms with E-state index >= 15 is 0 Å². The molecule has 3 rings (SSSR count). The van der Waals surface area contributed by atoms with E-state index in [1.807, 2.05) is 31.2 Å². The van der Waals surface area contributed by atoms with E-state index in [2.05, 4.69) is 35.3 Å². The molecule has 88 valence electrons. The lowest BCUT2D eigenvalue weighted by Crippen LogP contribution is -1.94. The van der Waals surface area contributed by atoms with Crippen LogP contribution in [0.25, 0.3) is 22.0 Å². The summed E-state index contributed by atoms with van der Waals surface area (Å²) < 4.78 is 0. The van der Waals surface area contributed by atoms with Crippen molar-refractivity contribution < 1.29 is 0 Å². The molecule has 0 radical (unpaired) electrons. The molecule has 1 aromatic heterocycles. The summed E-state index contributed by atoms with van der Waals surface area (Å²) >= 11 is 0. The second kappa shape index (κ2) is 4.15. The minimum Gasteiger partial charge on any atom is -0.397 e. The molecule has 18 heavy (non-hydrogen) atoms. The Hall–Kier alpha value is -2.35. The first-order chi connectivity index (χ1) is 8.74. The van der Waals surface area contributed by atoms with E-state index in [1.54, 1.807) is 0 Å². The van der Waals surface area contributed by atoms with Crippen LogP contribution < -0.4 is 5.73 Å². The predicted octanol–water partition coefficient (Wildman–Crippen LogP) is 3.79. The minimum atomic E-state index is 0.736. The molecular weight excluding hydrogens is 220 g/mol. The third-order valence-corrected chi connectivity index (χ3v) is 3.17. The molecule has 0 aliphatic carbocycles. The second-order valence-electron chi connectivity index (χ2n) is 4.43. The molecule has 3 aromatic rings. The Bertz CT molecular complexity index is 717. The summed E-state index contributed by atoms with van der Waals surface area (Å²) in [5.41, 5.74) is 9.49. The summed E-state index contributed by atoms with van der Waals surface area (Å²) in [6.45, 7) is 1.93. The minimum absolute atomic E-state index is 0.736. The zero-order chi connectivity index (χ0) is 12.5. The Kier molecular flexibility index (Phi) is 2.49. The number of rotatable bonds is 1. The lowest BCUT2D eigenvalue weighted by Gasteiger charge is -2.06. The van der Waals surface area contributed by atoms with Crippen LogP contribution in [0, 0.1) is 6.92 Å². The van der Waals surface area contributed by atoms with Crippen LogP contribution in [0.3, 0.4) is 0 Å². The number of benzene rings is 2. The van der Waals surface area contributed by atoms with Crippen molar-refractivity contribution in [1.82, 2.24) is 4.98 Å². The normalized spacial score (nSPS) is 10.7. The zero-order valence-corrected chi connectivity index (χ0v) is 10.2. The maximum atomic E-state index is 5.79. The van der Waals surface area contributed by atoms with Gasteiger partial charge in [0.15, 0.2) is 0 Å². The van der Waals surface area contributed by atoms with Crippen molar-refractivity contribution in [2.24, 2.45) is 0 Å². The average Bonchev–Trinajstić information content (AvgIpc) is 2.41. The fourth-order valence-electron chi connectivity index (χ4n) is 2.08. The summed E-state index contributed by atoms with van der Waals surface area (Å²) in [6, 6.07) is 18.6. The molecule has 0 bridgehead atoms. The van der Waals surface area contributed by atoms with Gasteiger partial charge in [-0.1, -0.05) is 36.4 Å². The van der Waals surface area contributed by atoms with Crippen molar-refractivity contribution in [2.45, 2.75) is 6.92 Å². The van der Waals surface area contributed by atoms with Gasteiger partial charge in [-0.15, -0.1) is 0 Å². The predicted molar refractivity (Wildman–Crippen MR) is 76.3 cm³/mol. The van der Waals surface area contributed by atoms with Crippen LogP contribution in [-0.4, -0.2) is 4.98 Å². The SMILES string of the molecule is Cc1nc(-c2ccc3ccccc3c2)ccc1N. The summed E-state index contributed by atoms with van der Waals surface area (Å²) in [4.78, 5) is 4.52. The number of nitrogens with zero attached hydrogens (tertiary/aromatic N) is 1. The number of anilines is 1. The quantitative estimate of drug-likeness (QED) is 0.695. The third kappa shape index (κ3) is 1.82. The molecule has 0 aliphatic heterocycles. The molecule has 0 aliphatic rings. The number of pyridine rings is 1. The van der Waals surface area contributed by atoms with Crippen molar-refractivity contribution in [1.29, 1.82) is 0 Å². The van der Waals surface area contributed by atoms with Crippen molar-refractivity contribution in [3.63, 3.8) is 0 Å². The summed E-state index contributed by atoms with van der Waals surface area (Å²) in [5.74, 6) is 0. The van der Waals surface area contributed by atoms with E-state index in [4.69, 9.17) is 5.73 Å². The van der Waals surface area contributed by atoms with Gasteiger partial charge in [-0.3, -0.25) is 4.98 Å². The molecule has 1 heterocycles. The van der Waals surface area contributed by atoms with Gasteiger partial charge >= 0.3 is 0 Å². The number of nitrogens with two attached hydrogens (primary N) is 1. The summed E-state index contributed by atoms with van der Waals surface area (Å²) in [6.07, 6.45) is 0. The standard InChI is InChI=1S/C16H14N2/c1-11-15(17)8-9-16(18-11)14-7-6-12-4-2-3-5-13(12)10-14/h2-10H,17H2,1H3. The van der Waals surface area contributed by atoms with E-state index in [1.165, 1.54) is 10.8 Å². The molecule has 0 spiro atoms. The van der Waals surface area contributed by atoms with E-state index in [-0.39, 0.29) is 0 Å². The van der Waals surface area contributed by atoms with Crippen molar-refractivity contribution in [3.8, 4) is 11.3 Å². The van der Waals surface area contributed by atoms with Gasteiger partial charge in [-0.2, -0.15) is 0 Å². The van der Waals surface area contributed by atoms with E-state index in [9.17, 15) is 0 Å². The van der Waals surface area contributed by atoms with Crippen LogP contribution in [0.5, 0.6) is 0 Å². The smallest absolute Gasteiger partial charge is 0.0707 e. The topological polar surface area (TPSA) is 38.9 Å². The highest BCUT2D eigenvalue weighted by atomic mass is 14.7. The number of hydrogen-bond acceptors (Lipinski definition) is 2. The molecule has 0 amide bonds. The highest BCUT2D eigenvalue weighted by molar-refractivity contribution is 5.86. The molecule has 2 nitrogen and oxygen atoms in total. The summed E-state index contributed by atoms with van der Waals surface area (Å²) in [5, 5.41) is 2.47. The highest BCUT2D eigenvalue weighted by Crippen LogP contribution is 2.24. The first-order valence-electron chi connectivity index (χ1n) is 5.96. The number of aromatic nitrogens is 1. The number of nitrogen functional groups attached to an aromatic ring is 1. The molecule has 2 aromatic carbocycles. The van der Waals surface area contributed by atoms with Crippen molar-refractivity contribution in [3.05, 3.63) is 60.3 Å². The van der Waals surface area contributed by atoms with E-state index < -0.39 is 0 Å². The Morgan fingerprint density at radius 3 is 2.44 bits per heavy atom. The first-order valence-corrected chi connectivity index (χ1v) is 5.96. The number of aryl methyl sites for hydroxylation is 1. The molecule has 0 saturated heterocycles. The van der Waals surface area contributed by atoms with Gasteiger partial charge in [0.05, 0.1) is 17.1 Å². The lowest BCUT2D eigenvalue weighted by atomic mass is 10.0. The second-order valence-corrected chi connectivity index (χ2v) is 4.43. The molecule has 0 saturated carbocycles. The van der Waals surface area contributed by atoms with Crippen LogP contribution in [-0.2, 0) is 0 Å². The van der Waals surface area contributed by atoms with Gasteiger partial charge in [0.2, 0.25) is 0 Å². The van der Waals surface area contributed by atoms with Crippen LogP contribution >= 0.6 is 0 Å². The molecule has 2 N–H and O–H groups in total. The first kappa shape index (κ1) is 10.8. The maximum Gasteiger partial charge on any atom is 0.0707 e. The van der Waals surface area contributed by atoms with Crippen LogP contribution in [0.2, 0.25) is 0 Å². The van der Waals surface area contributed by atoms with Gasteiger partial charge in [0.1, 0.15) is 0 Å². The molecule has 2 heteroatoms. The van der Waals surface area contributed by atoms with Gasteiger partial charge < -0.3 is 5.73 Å². The van der Waals surface area contributed by atoms with Crippen LogP contribution in [0.4, 0.5) is 5.69 Å². The molecular formula is C16H14N2. The van der Waals surface area contributed by atoms with Gasteiger partial charge in [0, 0.05) is 5.56 Å². The average molecular weight is 234 g/mol. The van der Waals surface area contributed by atoms with Crippen LogP contribution in [0.1, 0.15) is 5.69 Å². The lowest BCUT2D eigenvalue weighted by molar-refractivity contribution is 1.21. The third-order valence-electron chi connectivity index (χ3n) is 3.17. The fourth-order valence-corrected chi connectivity index (χ4v) is 2.08. The monoisotopic (exact) mass is 234 g/mol. The van der Waals surface area contributed by atoms with Gasteiger partial charge in [-0.25, -0.2) is 0 Å². The number of hydrogen-bond donors (Lipinski definition) is 1. The molecule has 0 unspecified atom stereocenters. The van der Waals surface area contributed by atoms with E-state index in [0.29, 0.717) is 0 Å². The van der Waals surface area contributed by atoms with Gasteiger partial charge in [0.25, 0.3) is 0 Å². The molecule has 0 fully saturated rings. The highest BCUT2D eigenvalue weighted by Gasteiger charge is 2.02. The Morgan fingerprint density at radius 1 is 0.889 bits per heavy atom. The Balaban J connectivity index is 2.16. The number of fused-ring (bicyclic) bond motifs is 1. The summed E-state index contributed by atoms with van der Waals surface area (Å²) in [7, 11) is 0. The van der Waals surface area contributed by atoms with Crippen molar-refractivity contribution >= 4 is 16.5 Å². The Labute approximate surface area is 106 Å². The fraction of sp³-hybridized carbons (Fsp3) is 0.0625. The largest absolute Gasteiger partial charge is 0.397 e. The maximum absolute atomic E-state index is 5.79.